The zero-order chi connectivity index (χ0) is 13.4. The molecule has 19 heavy (non-hydrogen) atoms. The van der Waals surface area contributed by atoms with Gasteiger partial charge in [0.05, 0.1) is 0 Å². The summed E-state index contributed by atoms with van der Waals surface area (Å²) in [5, 5.41) is 4.54. The molecular weight excluding hydrogens is 286 g/mol. The molecular formula is C13H11ClNO3S-. The van der Waals surface area contributed by atoms with Crippen molar-refractivity contribution in [2.45, 2.75) is 24.5 Å². The molecule has 0 radical (unpaired) electrons. The molecule has 6 heteroatoms. The lowest BCUT2D eigenvalue weighted by Gasteiger charge is -2.09. The van der Waals surface area contributed by atoms with Crippen molar-refractivity contribution in [3.8, 4) is 11.3 Å². The van der Waals surface area contributed by atoms with Crippen LogP contribution in [0.2, 0.25) is 5.02 Å². The molecule has 0 aliphatic heterocycles. The van der Waals surface area contributed by atoms with Gasteiger partial charge in [0.1, 0.15) is 11.5 Å². The third-order valence-corrected chi connectivity index (χ3v) is 3.91. The van der Waals surface area contributed by atoms with Crippen LogP contribution in [0, 0.1) is 0 Å². The number of nitrogens with zero attached hydrogens (tertiary/aromatic N) is 1. The van der Waals surface area contributed by atoms with E-state index in [0.717, 1.165) is 24.2 Å². The fraction of sp³-hybridized carbons (Fsp3) is 0.308. The van der Waals surface area contributed by atoms with Gasteiger partial charge >= 0.3 is 0 Å². The predicted molar refractivity (Wildman–Crippen MR) is 71.5 cm³/mol. The van der Waals surface area contributed by atoms with E-state index in [0.29, 0.717) is 22.2 Å². The molecule has 1 heterocycles. The van der Waals surface area contributed by atoms with Gasteiger partial charge in [0.2, 0.25) is 0 Å². The molecule has 4 nitrogen and oxygen atoms in total. The van der Waals surface area contributed by atoms with Crippen molar-refractivity contribution < 1.29 is 13.3 Å². The first-order valence-corrected chi connectivity index (χ1v) is 7.57. The van der Waals surface area contributed by atoms with Gasteiger partial charge in [-0.3, -0.25) is 4.21 Å². The van der Waals surface area contributed by atoms with Crippen LogP contribution < -0.4 is 0 Å². The first-order chi connectivity index (χ1) is 9.13. The summed E-state index contributed by atoms with van der Waals surface area (Å²) < 4.78 is 27.1. The highest BCUT2D eigenvalue weighted by Crippen LogP contribution is 2.41. The molecule has 0 saturated heterocycles. The molecule has 0 spiro atoms. The van der Waals surface area contributed by atoms with Gasteiger partial charge in [0.25, 0.3) is 0 Å². The lowest BCUT2D eigenvalue weighted by Crippen LogP contribution is -1.96. The molecule has 1 aromatic heterocycles. The van der Waals surface area contributed by atoms with Gasteiger partial charge in [-0.15, -0.1) is 0 Å². The van der Waals surface area contributed by atoms with Crippen molar-refractivity contribution in [2.75, 3.05) is 0 Å². The number of rotatable bonds is 4. The van der Waals surface area contributed by atoms with Crippen LogP contribution in [-0.2, 0) is 16.8 Å². The average Bonchev–Trinajstić information content (AvgIpc) is 3.08. The molecule has 0 amide bonds. The topological polar surface area (TPSA) is 66.2 Å². The minimum atomic E-state index is -2.17. The molecule has 2 aromatic rings. The Morgan fingerprint density at radius 1 is 1.42 bits per heavy atom. The molecule has 100 valence electrons. The Balaban J connectivity index is 1.99. The van der Waals surface area contributed by atoms with E-state index in [-0.39, 0.29) is 5.75 Å². The third kappa shape index (κ3) is 2.88. The van der Waals surface area contributed by atoms with E-state index in [1.807, 2.05) is 6.07 Å². The number of hydrogen-bond acceptors (Lipinski definition) is 4. The minimum Gasteiger partial charge on any atom is -0.772 e. The monoisotopic (exact) mass is 296 g/mol. The normalized spacial score (nSPS) is 16.5. The van der Waals surface area contributed by atoms with E-state index in [1.165, 1.54) is 0 Å². The van der Waals surface area contributed by atoms with Crippen molar-refractivity contribution in [2.24, 2.45) is 0 Å². The Morgan fingerprint density at radius 3 is 2.89 bits per heavy atom. The van der Waals surface area contributed by atoms with Crippen LogP contribution in [0.1, 0.15) is 30.1 Å². The zero-order valence-corrected chi connectivity index (χ0v) is 11.5. The van der Waals surface area contributed by atoms with E-state index in [9.17, 15) is 8.76 Å². The number of hydrogen-bond donors (Lipinski definition) is 0. The third-order valence-electron chi connectivity index (χ3n) is 3.12. The first-order valence-electron chi connectivity index (χ1n) is 5.95. The summed E-state index contributed by atoms with van der Waals surface area (Å²) in [6.07, 6.45) is 2.26. The Labute approximate surface area is 118 Å². The van der Waals surface area contributed by atoms with Crippen LogP contribution in [0.15, 0.2) is 28.8 Å². The summed E-state index contributed by atoms with van der Waals surface area (Å²) in [6, 6.07) is 7.04. The van der Waals surface area contributed by atoms with E-state index in [4.69, 9.17) is 16.1 Å². The highest BCUT2D eigenvalue weighted by atomic mass is 35.5. The van der Waals surface area contributed by atoms with Crippen molar-refractivity contribution in [3.63, 3.8) is 0 Å². The highest BCUT2D eigenvalue weighted by molar-refractivity contribution is 7.78. The molecule has 1 unspecified atom stereocenters. The van der Waals surface area contributed by atoms with Crippen molar-refractivity contribution in [1.82, 2.24) is 5.16 Å². The lowest BCUT2D eigenvalue weighted by molar-refractivity contribution is 0.386. The molecule has 1 saturated carbocycles. The molecule has 0 N–H and O–H groups in total. The van der Waals surface area contributed by atoms with Crippen molar-refractivity contribution in [1.29, 1.82) is 0 Å². The second-order valence-corrected chi connectivity index (χ2v) is 5.97. The highest BCUT2D eigenvalue weighted by Gasteiger charge is 2.28. The van der Waals surface area contributed by atoms with Crippen molar-refractivity contribution >= 4 is 22.7 Å². The Bertz CT molecular complexity index is 637. The van der Waals surface area contributed by atoms with E-state index in [1.54, 1.807) is 18.2 Å². The van der Waals surface area contributed by atoms with Gasteiger partial charge in [-0.2, -0.15) is 0 Å². The number of halogens is 1. The van der Waals surface area contributed by atoms with Gasteiger partial charge in [-0.05, 0) is 30.5 Å². The summed E-state index contributed by atoms with van der Waals surface area (Å²) in [5.41, 5.74) is 2.06. The van der Waals surface area contributed by atoms with Gasteiger partial charge in [-0.1, -0.05) is 33.9 Å². The molecule has 0 bridgehead atoms. The van der Waals surface area contributed by atoms with Crippen LogP contribution in [0.3, 0.4) is 0 Å². The minimum absolute atomic E-state index is 0.0818. The average molecular weight is 297 g/mol. The SMILES string of the molecule is O=S([O-])Cc1cc(Cl)ccc1-c1cc(C2CC2)on1. The van der Waals surface area contributed by atoms with Gasteiger partial charge in [-0.25, -0.2) is 0 Å². The molecule has 1 atom stereocenters. The van der Waals surface area contributed by atoms with Crippen LogP contribution in [0.5, 0.6) is 0 Å². The second kappa shape index (κ2) is 5.07. The van der Waals surface area contributed by atoms with Gasteiger partial charge in [0.15, 0.2) is 0 Å². The summed E-state index contributed by atoms with van der Waals surface area (Å²) in [5.74, 6) is 1.27. The lowest BCUT2D eigenvalue weighted by atomic mass is 10.1. The van der Waals surface area contributed by atoms with E-state index >= 15 is 0 Å². The van der Waals surface area contributed by atoms with Crippen LogP contribution in [-0.4, -0.2) is 13.9 Å². The predicted octanol–water partition coefficient (Wildman–Crippen LogP) is 3.25. The standard InChI is InChI=1S/C13H12ClNO3S/c14-10-3-4-11(9(5-10)7-19(16)17)12-6-13(18-15-12)8-1-2-8/h3-6,8H,1-2,7H2,(H,16,17)/p-1. The largest absolute Gasteiger partial charge is 0.772 e. The molecule has 1 aliphatic carbocycles. The quantitative estimate of drug-likeness (QED) is 0.812. The summed E-state index contributed by atoms with van der Waals surface area (Å²) in [7, 11) is 0. The molecule has 3 rings (SSSR count). The first kappa shape index (κ1) is 12.8. The summed E-state index contributed by atoms with van der Waals surface area (Å²) in [6.45, 7) is 0. The molecule has 1 aromatic carbocycles. The van der Waals surface area contributed by atoms with E-state index in [2.05, 4.69) is 5.16 Å². The number of aromatic nitrogens is 1. The maximum absolute atomic E-state index is 10.9. The Kier molecular flexibility index (Phi) is 3.43. The van der Waals surface area contributed by atoms with Gasteiger partial charge in [0, 0.05) is 28.3 Å². The fourth-order valence-electron chi connectivity index (χ4n) is 2.04. The van der Waals surface area contributed by atoms with Crippen LogP contribution >= 0.6 is 11.6 Å². The molecule has 1 fully saturated rings. The molecule has 1 aliphatic rings. The van der Waals surface area contributed by atoms with Crippen LogP contribution in [0.4, 0.5) is 0 Å². The maximum Gasteiger partial charge on any atom is 0.140 e. The van der Waals surface area contributed by atoms with Crippen LogP contribution in [0.25, 0.3) is 11.3 Å². The van der Waals surface area contributed by atoms with E-state index < -0.39 is 11.1 Å². The second-order valence-electron chi connectivity index (χ2n) is 4.64. The Hall–Kier alpha value is -1.17. The Morgan fingerprint density at radius 2 is 2.21 bits per heavy atom. The summed E-state index contributed by atoms with van der Waals surface area (Å²) >= 11 is 3.74. The maximum atomic E-state index is 10.9. The smallest absolute Gasteiger partial charge is 0.140 e. The van der Waals surface area contributed by atoms with Gasteiger partial charge < -0.3 is 9.08 Å². The summed E-state index contributed by atoms with van der Waals surface area (Å²) in [4.78, 5) is 0. The number of benzene rings is 1. The fourth-order valence-corrected chi connectivity index (χ4v) is 2.72. The zero-order valence-electron chi connectivity index (χ0n) is 9.97. The van der Waals surface area contributed by atoms with Crippen molar-refractivity contribution in [3.05, 3.63) is 40.6 Å².